The van der Waals surface area contributed by atoms with Crippen molar-refractivity contribution in [2.45, 2.75) is 13.8 Å². The molecule has 1 aromatic heterocycles. The first-order valence-electron chi connectivity index (χ1n) is 6.37. The van der Waals surface area contributed by atoms with Crippen LogP contribution >= 0.6 is 0 Å². The first kappa shape index (κ1) is 11.7. The van der Waals surface area contributed by atoms with Gasteiger partial charge in [0.25, 0.3) is 0 Å². The van der Waals surface area contributed by atoms with E-state index in [1.165, 1.54) is 21.9 Å². The molecule has 2 aromatic carbocycles. The monoisotopic (exact) mass is 248 g/mol. The second-order valence-corrected chi connectivity index (χ2v) is 4.91. The number of fused-ring (bicyclic) bond motifs is 1. The van der Waals surface area contributed by atoms with Crippen molar-refractivity contribution in [3.63, 3.8) is 0 Å². The van der Waals surface area contributed by atoms with Crippen LogP contribution in [0.15, 0.2) is 48.7 Å². The Morgan fingerprint density at radius 2 is 1.74 bits per heavy atom. The zero-order chi connectivity index (χ0) is 13.4. The average molecular weight is 248 g/mol. The maximum atomic E-state index is 5.79. The van der Waals surface area contributed by atoms with Crippen LogP contribution in [0, 0.1) is 13.8 Å². The summed E-state index contributed by atoms with van der Waals surface area (Å²) in [6.07, 6.45) is 1.73. The first-order chi connectivity index (χ1) is 9.16. The number of nitrogens with two attached hydrogens (primary N) is 1. The summed E-state index contributed by atoms with van der Waals surface area (Å²) in [7, 11) is 0. The molecule has 0 aliphatic rings. The number of rotatable bonds is 1. The van der Waals surface area contributed by atoms with E-state index in [0.717, 1.165) is 11.3 Å². The Hall–Kier alpha value is -2.35. The molecule has 0 spiro atoms. The highest BCUT2D eigenvalue weighted by molar-refractivity contribution is 5.98. The third-order valence-corrected chi connectivity index (χ3v) is 3.47. The van der Waals surface area contributed by atoms with E-state index < -0.39 is 0 Å². The molecule has 0 atom stereocenters. The SMILES string of the molecule is Cc1cc(N)cnc1-c1c(C)ccc2ccccc12. The van der Waals surface area contributed by atoms with Gasteiger partial charge in [-0.1, -0.05) is 36.4 Å². The van der Waals surface area contributed by atoms with Crippen molar-refractivity contribution in [2.75, 3.05) is 5.73 Å². The summed E-state index contributed by atoms with van der Waals surface area (Å²) < 4.78 is 0. The maximum absolute atomic E-state index is 5.79. The summed E-state index contributed by atoms with van der Waals surface area (Å²) in [6, 6.07) is 14.7. The molecule has 3 rings (SSSR count). The van der Waals surface area contributed by atoms with Gasteiger partial charge < -0.3 is 5.73 Å². The molecule has 0 amide bonds. The van der Waals surface area contributed by atoms with Crippen LogP contribution in [0.4, 0.5) is 5.69 Å². The van der Waals surface area contributed by atoms with Crippen molar-refractivity contribution in [1.29, 1.82) is 0 Å². The molecule has 0 unspecified atom stereocenters. The Morgan fingerprint density at radius 3 is 2.53 bits per heavy atom. The fourth-order valence-corrected chi connectivity index (χ4v) is 2.55. The van der Waals surface area contributed by atoms with E-state index in [2.05, 4.69) is 55.2 Å². The molecule has 19 heavy (non-hydrogen) atoms. The van der Waals surface area contributed by atoms with Gasteiger partial charge in [-0.25, -0.2) is 0 Å². The lowest BCUT2D eigenvalue weighted by Gasteiger charge is -2.12. The zero-order valence-electron chi connectivity index (χ0n) is 11.1. The van der Waals surface area contributed by atoms with E-state index in [-0.39, 0.29) is 0 Å². The average Bonchev–Trinajstić information content (AvgIpc) is 2.40. The highest BCUT2D eigenvalue weighted by Gasteiger charge is 2.10. The minimum atomic E-state index is 0.708. The van der Waals surface area contributed by atoms with E-state index in [9.17, 15) is 0 Å². The van der Waals surface area contributed by atoms with Crippen LogP contribution < -0.4 is 5.73 Å². The van der Waals surface area contributed by atoms with Gasteiger partial charge in [0, 0.05) is 5.56 Å². The lowest BCUT2D eigenvalue weighted by Crippen LogP contribution is -1.95. The Morgan fingerprint density at radius 1 is 0.947 bits per heavy atom. The lowest BCUT2D eigenvalue weighted by molar-refractivity contribution is 1.27. The smallest absolute Gasteiger partial charge is 0.0741 e. The molecule has 0 radical (unpaired) electrons. The van der Waals surface area contributed by atoms with E-state index in [0.29, 0.717) is 5.69 Å². The lowest BCUT2D eigenvalue weighted by atomic mass is 9.95. The summed E-state index contributed by atoms with van der Waals surface area (Å²) in [5.74, 6) is 0. The summed E-state index contributed by atoms with van der Waals surface area (Å²) in [5.41, 5.74) is 11.1. The molecule has 3 aromatic rings. The number of benzene rings is 2. The highest BCUT2D eigenvalue weighted by Crippen LogP contribution is 2.32. The Kier molecular flexibility index (Phi) is 2.71. The third-order valence-electron chi connectivity index (χ3n) is 3.47. The number of aryl methyl sites for hydroxylation is 2. The predicted octanol–water partition coefficient (Wildman–Crippen LogP) is 4.10. The van der Waals surface area contributed by atoms with Gasteiger partial charge in [0.1, 0.15) is 0 Å². The van der Waals surface area contributed by atoms with E-state index in [4.69, 9.17) is 5.73 Å². The van der Waals surface area contributed by atoms with Crippen LogP contribution in [0.5, 0.6) is 0 Å². The molecule has 0 aliphatic heterocycles. The first-order valence-corrected chi connectivity index (χ1v) is 6.37. The Labute approximate surface area is 112 Å². The minimum Gasteiger partial charge on any atom is -0.397 e. The highest BCUT2D eigenvalue weighted by atomic mass is 14.7. The maximum Gasteiger partial charge on any atom is 0.0741 e. The molecule has 0 fully saturated rings. The molecule has 0 bridgehead atoms. The molecular weight excluding hydrogens is 232 g/mol. The van der Waals surface area contributed by atoms with Gasteiger partial charge in [0.15, 0.2) is 0 Å². The summed E-state index contributed by atoms with van der Waals surface area (Å²) >= 11 is 0. The zero-order valence-corrected chi connectivity index (χ0v) is 11.1. The van der Waals surface area contributed by atoms with E-state index in [1.807, 2.05) is 6.07 Å². The number of anilines is 1. The van der Waals surface area contributed by atoms with Crippen molar-refractivity contribution < 1.29 is 0 Å². The second kappa shape index (κ2) is 4.39. The quantitative estimate of drug-likeness (QED) is 0.704. The Bertz CT molecular complexity index is 760. The fraction of sp³-hybridized carbons (Fsp3) is 0.118. The molecule has 2 nitrogen and oxygen atoms in total. The van der Waals surface area contributed by atoms with Gasteiger partial charge in [-0.15, -0.1) is 0 Å². The summed E-state index contributed by atoms with van der Waals surface area (Å²) in [5, 5.41) is 2.48. The van der Waals surface area contributed by atoms with Crippen molar-refractivity contribution in [2.24, 2.45) is 0 Å². The molecule has 0 aliphatic carbocycles. The van der Waals surface area contributed by atoms with Crippen LogP contribution in [-0.4, -0.2) is 4.98 Å². The summed E-state index contributed by atoms with van der Waals surface area (Å²) in [4.78, 5) is 4.53. The number of aromatic nitrogens is 1. The second-order valence-electron chi connectivity index (χ2n) is 4.91. The molecule has 2 N–H and O–H groups in total. The van der Waals surface area contributed by atoms with Gasteiger partial charge >= 0.3 is 0 Å². The molecular formula is C17H16N2. The van der Waals surface area contributed by atoms with Crippen LogP contribution in [0.25, 0.3) is 22.0 Å². The van der Waals surface area contributed by atoms with E-state index in [1.54, 1.807) is 6.20 Å². The standard InChI is InChI=1S/C17H16N2/c1-11-7-8-13-5-3-4-6-15(13)16(11)17-12(2)9-14(18)10-19-17/h3-10H,18H2,1-2H3. The number of hydrogen-bond acceptors (Lipinski definition) is 2. The minimum absolute atomic E-state index is 0.708. The van der Waals surface area contributed by atoms with E-state index >= 15 is 0 Å². The molecule has 0 saturated carbocycles. The van der Waals surface area contributed by atoms with Crippen LogP contribution in [-0.2, 0) is 0 Å². The van der Waals surface area contributed by atoms with Gasteiger partial charge in [-0.2, -0.15) is 0 Å². The molecule has 1 heterocycles. The topological polar surface area (TPSA) is 38.9 Å². The van der Waals surface area contributed by atoms with Crippen LogP contribution in [0.2, 0.25) is 0 Å². The van der Waals surface area contributed by atoms with Gasteiger partial charge in [-0.05, 0) is 41.8 Å². The van der Waals surface area contributed by atoms with Crippen molar-refractivity contribution in [3.05, 3.63) is 59.8 Å². The van der Waals surface area contributed by atoms with Crippen molar-refractivity contribution in [3.8, 4) is 11.3 Å². The summed E-state index contributed by atoms with van der Waals surface area (Å²) in [6.45, 7) is 4.18. The molecule has 94 valence electrons. The van der Waals surface area contributed by atoms with Crippen molar-refractivity contribution in [1.82, 2.24) is 4.98 Å². The third kappa shape index (κ3) is 1.95. The normalized spacial score (nSPS) is 10.8. The number of hydrogen-bond donors (Lipinski definition) is 1. The predicted molar refractivity (Wildman–Crippen MR) is 81.1 cm³/mol. The van der Waals surface area contributed by atoms with Gasteiger partial charge in [0.2, 0.25) is 0 Å². The largest absolute Gasteiger partial charge is 0.397 e. The molecule has 2 heteroatoms. The van der Waals surface area contributed by atoms with Crippen LogP contribution in [0.3, 0.4) is 0 Å². The number of pyridine rings is 1. The van der Waals surface area contributed by atoms with Crippen LogP contribution in [0.1, 0.15) is 11.1 Å². The molecule has 0 saturated heterocycles. The number of nitrogens with zero attached hydrogens (tertiary/aromatic N) is 1. The van der Waals surface area contributed by atoms with Gasteiger partial charge in [-0.3, -0.25) is 4.98 Å². The Balaban J connectivity index is 2.38. The van der Waals surface area contributed by atoms with Crippen molar-refractivity contribution >= 4 is 16.5 Å². The van der Waals surface area contributed by atoms with Gasteiger partial charge in [0.05, 0.1) is 17.6 Å². The fourth-order valence-electron chi connectivity index (χ4n) is 2.55. The number of nitrogen functional groups attached to an aromatic ring is 1.